The molecule has 1 aromatic heterocycles. The number of nitrogens with zero attached hydrogens (tertiary/aromatic N) is 4. The minimum Gasteiger partial charge on any atom is -0.508 e. The van der Waals surface area contributed by atoms with Crippen LogP contribution in [0.3, 0.4) is 0 Å². The van der Waals surface area contributed by atoms with Gasteiger partial charge in [0.1, 0.15) is 30.2 Å². The second-order valence-corrected chi connectivity index (χ2v) is 12.1. The number of hydrogen-bond donors (Lipinski definition) is 2. The highest BCUT2D eigenvalue weighted by Crippen LogP contribution is 2.60. The molecule has 1 saturated heterocycles. The topological polar surface area (TPSA) is 102 Å². The molecule has 3 fully saturated rings. The number of ether oxygens (including phenoxy) is 1. The van der Waals surface area contributed by atoms with Gasteiger partial charge in [-0.3, -0.25) is 0 Å². The molecule has 0 spiro atoms. The number of oxime groups is 1. The van der Waals surface area contributed by atoms with E-state index in [1.807, 2.05) is 42.6 Å². The molecule has 0 bridgehead atoms. The van der Waals surface area contributed by atoms with Crippen LogP contribution in [0.5, 0.6) is 5.75 Å². The van der Waals surface area contributed by atoms with E-state index in [0.717, 1.165) is 36.1 Å². The van der Waals surface area contributed by atoms with E-state index in [1.54, 1.807) is 4.68 Å². The lowest BCUT2D eigenvalue weighted by atomic mass is 9.55. The first-order valence-electron chi connectivity index (χ1n) is 14.3. The fourth-order valence-electron chi connectivity index (χ4n) is 7.82. The smallest absolute Gasteiger partial charge is 0.142 e. The van der Waals surface area contributed by atoms with Crippen molar-refractivity contribution in [3.05, 3.63) is 65.4 Å². The van der Waals surface area contributed by atoms with Crippen LogP contribution < -0.4 is 0 Å². The molecule has 0 radical (unpaired) electrons. The van der Waals surface area contributed by atoms with Gasteiger partial charge in [0, 0.05) is 11.0 Å². The fourth-order valence-corrected chi connectivity index (χ4v) is 7.82. The Kier molecular flexibility index (Phi) is 6.20. The molecule has 204 valence electrons. The van der Waals surface area contributed by atoms with E-state index in [9.17, 15) is 10.2 Å². The van der Waals surface area contributed by atoms with Gasteiger partial charge in [0.05, 0.1) is 25.1 Å². The van der Waals surface area contributed by atoms with E-state index in [-0.39, 0.29) is 11.5 Å². The lowest BCUT2D eigenvalue weighted by molar-refractivity contribution is 0.0870. The Bertz CT molecular complexity index is 1390. The van der Waals surface area contributed by atoms with Crippen molar-refractivity contribution in [2.45, 2.75) is 70.1 Å². The normalized spacial score (nSPS) is 32.6. The summed E-state index contributed by atoms with van der Waals surface area (Å²) in [5.41, 5.74) is 6.95. The number of phenols is 1. The third-order valence-corrected chi connectivity index (χ3v) is 9.98. The number of aryl methyl sites for hydroxylation is 1. The van der Waals surface area contributed by atoms with Crippen LogP contribution in [0.2, 0.25) is 0 Å². The SMILES string of the molecule is C[C@]12CCC3c4ccc(O)cc4CCC3C1CC/C2=N\OCc1ccc(-c2cn([C@H]3COC[C@H]3O)nn2)cc1. The average Bonchev–Trinajstić information content (AvgIpc) is 3.67. The highest BCUT2D eigenvalue weighted by molar-refractivity contribution is 5.92. The third-order valence-electron chi connectivity index (χ3n) is 9.98. The van der Waals surface area contributed by atoms with Crippen LogP contribution in [0.4, 0.5) is 0 Å². The van der Waals surface area contributed by atoms with Gasteiger partial charge in [-0.15, -0.1) is 5.10 Å². The standard InChI is InChI=1S/C31H36N4O4/c1-31-13-12-24-23-9-7-22(36)14-21(23)6-8-25(24)26(31)10-11-30(31)33-39-16-19-2-4-20(5-3-19)27-15-35(34-32-27)28-17-38-18-29(28)37/h2-5,7,9,14-15,24-26,28-29,36-37H,6,8,10-13,16-18H2,1H3/b33-30+/t24?,25?,26?,28-,29+,31-/m0/s1. The Morgan fingerprint density at radius 2 is 1.97 bits per heavy atom. The molecule has 3 aliphatic carbocycles. The number of rotatable bonds is 5. The Balaban J connectivity index is 0.993. The molecule has 8 nitrogen and oxygen atoms in total. The monoisotopic (exact) mass is 528 g/mol. The third kappa shape index (κ3) is 4.34. The molecule has 2 saturated carbocycles. The molecule has 2 N–H and O–H groups in total. The van der Waals surface area contributed by atoms with Crippen LogP contribution in [-0.2, 0) is 22.6 Å². The summed E-state index contributed by atoms with van der Waals surface area (Å²) < 4.78 is 7.03. The van der Waals surface area contributed by atoms with E-state index < -0.39 is 6.10 Å². The summed E-state index contributed by atoms with van der Waals surface area (Å²) in [6.45, 7) is 3.63. The first kappa shape index (κ1) is 24.8. The van der Waals surface area contributed by atoms with Gasteiger partial charge in [-0.05, 0) is 85.1 Å². The Morgan fingerprint density at radius 3 is 2.79 bits per heavy atom. The number of phenolic OH excluding ortho intramolecular Hbond substituents is 1. The summed E-state index contributed by atoms with van der Waals surface area (Å²) in [6, 6.07) is 14.0. The van der Waals surface area contributed by atoms with E-state index in [2.05, 4.69) is 23.3 Å². The summed E-state index contributed by atoms with van der Waals surface area (Å²) in [4.78, 5) is 5.94. The predicted octanol–water partition coefficient (Wildman–Crippen LogP) is 5.01. The zero-order chi connectivity index (χ0) is 26.6. The molecular weight excluding hydrogens is 492 g/mol. The first-order valence-corrected chi connectivity index (χ1v) is 14.3. The van der Waals surface area contributed by atoms with Crippen LogP contribution in [-0.4, -0.2) is 50.2 Å². The van der Waals surface area contributed by atoms with Gasteiger partial charge in [0.2, 0.25) is 0 Å². The average molecular weight is 529 g/mol. The molecule has 8 heteroatoms. The van der Waals surface area contributed by atoms with Crippen molar-refractivity contribution in [1.82, 2.24) is 15.0 Å². The van der Waals surface area contributed by atoms with Gasteiger partial charge in [-0.2, -0.15) is 0 Å². The summed E-state index contributed by atoms with van der Waals surface area (Å²) in [5, 5.41) is 33.2. The van der Waals surface area contributed by atoms with Crippen LogP contribution in [0.15, 0.2) is 53.8 Å². The number of aliphatic hydroxyl groups excluding tert-OH is 1. The number of benzene rings is 2. The summed E-state index contributed by atoms with van der Waals surface area (Å²) >= 11 is 0. The van der Waals surface area contributed by atoms with Crippen LogP contribution in [0.25, 0.3) is 11.3 Å². The van der Waals surface area contributed by atoms with Gasteiger partial charge in [-0.1, -0.05) is 47.6 Å². The van der Waals surface area contributed by atoms with Gasteiger partial charge in [0.25, 0.3) is 0 Å². The summed E-state index contributed by atoms with van der Waals surface area (Å²) in [5.74, 6) is 2.32. The molecule has 2 heterocycles. The van der Waals surface area contributed by atoms with Crippen molar-refractivity contribution in [2.24, 2.45) is 22.4 Å². The molecule has 2 aromatic carbocycles. The largest absolute Gasteiger partial charge is 0.508 e. The zero-order valence-corrected chi connectivity index (χ0v) is 22.4. The Labute approximate surface area is 228 Å². The number of hydrogen-bond acceptors (Lipinski definition) is 7. The lowest BCUT2D eigenvalue weighted by Crippen LogP contribution is -2.42. The molecular formula is C31H36N4O4. The minimum absolute atomic E-state index is 0.114. The number of aromatic hydroxyl groups is 1. The lowest BCUT2D eigenvalue weighted by Gasteiger charge is -2.49. The quantitative estimate of drug-likeness (QED) is 0.452. The van der Waals surface area contributed by atoms with E-state index in [4.69, 9.17) is 14.7 Å². The van der Waals surface area contributed by atoms with Gasteiger partial charge >= 0.3 is 0 Å². The van der Waals surface area contributed by atoms with E-state index >= 15 is 0 Å². The van der Waals surface area contributed by atoms with Crippen LogP contribution >= 0.6 is 0 Å². The highest BCUT2D eigenvalue weighted by Gasteiger charge is 2.53. The van der Waals surface area contributed by atoms with E-state index in [0.29, 0.717) is 43.3 Å². The first-order chi connectivity index (χ1) is 19.0. The number of fused-ring (bicyclic) bond motifs is 5. The summed E-state index contributed by atoms with van der Waals surface area (Å²) in [7, 11) is 0. The zero-order valence-electron chi connectivity index (χ0n) is 22.4. The number of aliphatic hydroxyl groups is 1. The molecule has 4 aliphatic rings. The van der Waals surface area contributed by atoms with E-state index in [1.165, 1.54) is 36.1 Å². The van der Waals surface area contributed by atoms with Gasteiger partial charge < -0.3 is 19.8 Å². The molecule has 3 unspecified atom stereocenters. The maximum atomic E-state index is 10.0. The number of aromatic nitrogens is 3. The van der Waals surface area contributed by atoms with Crippen molar-refractivity contribution in [3.8, 4) is 17.0 Å². The maximum absolute atomic E-state index is 10.0. The minimum atomic E-state index is -0.553. The Morgan fingerprint density at radius 1 is 1.10 bits per heavy atom. The van der Waals surface area contributed by atoms with Gasteiger partial charge in [0.15, 0.2) is 0 Å². The highest BCUT2D eigenvalue weighted by atomic mass is 16.6. The van der Waals surface area contributed by atoms with Crippen LogP contribution in [0.1, 0.15) is 67.7 Å². The molecule has 6 atom stereocenters. The Hall–Kier alpha value is -3.23. The molecule has 0 amide bonds. The maximum Gasteiger partial charge on any atom is 0.142 e. The molecule has 7 rings (SSSR count). The van der Waals surface area contributed by atoms with Gasteiger partial charge in [-0.25, -0.2) is 4.68 Å². The van der Waals surface area contributed by atoms with Crippen molar-refractivity contribution >= 4 is 5.71 Å². The molecule has 1 aliphatic heterocycles. The predicted molar refractivity (Wildman–Crippen MR) is 146 cm³/mol. The fraction of sp³-hybridized carbons (Fsp3) is 0.516. The van der Waals surface area contributed by atoms with Crippen molar-refractivity contribution in [1.29, 1.82) is 0 Å². The second-order valence-electron chi connectivity index (χ2n) is 12.1. The molecule has 3 aromatic rings. The van der Waals surface area contributed by atoms with Crippen molar-refractivity contribution < 1.29 is 19.8 Å². The van der Waals surface area contributed by atoms with Crippen LogP contribution in [0, 0.1) is 17.3 Å². The summed E-state index contributed by atoms with van der Waals surface area (Å²) in [6.07, 6.45) is 8.08. The molecule has 39 heavy (non-hydrogen) atoms. The second kappa shape index (κ2) is 9.75. The van der Waals surface area contributed by atoms with Crippen molar-refractivity contribution in [2.75, 3.05) is 13.2 Å². The van der Waals surface area contributed by atoms with Crippen molar-refractivity contribution in [3.63, 3.8) is 0 Å².